The van der Waals surface area contributed by atoms with E-state index >= 15 is 0 Å². The second-order valence-electron chi connectivity index (χ2n) is 14.4. The van der Waals surface area contributed by atoms with E-state index in [0.29, 0.717) is 36.7 Å². The van der Waals surface area contributed by atoms with Crippen molar-refractivity contribution in [1.29, 1.82) is 0 Å². The number of aromatic hydroxyl groups is 1. The Hall–Kier alpha value is -3.59. The Bertz CT molecular complexity index is 1580. The highest BCUT2D eigenvalue weighted by atomic mass is 16.6. The third-order valence-corrected chi connectivity index (χ3v) is 10.2. The van der Waals surface area contributed by atoms with Gasteiger partial charge in [0.25, 0.3) is 5.56 Å². The fraction of sp³-hybridized carbons (Fsp3) is 0.595. The van der Waals surface area contributed by atoms with Crippen molar-refractivity contribution in [2.75, 3.05) is 45.2 Å². The van der Waals surface area contributed by atoms with E-state index in [1.54, 1.807) is 6.07 Å². The van der Waals surface area contributed by atoms with Crippen LogP contribution >= 0.6 is 0 Å². The van der Waals surface area contributed by atoms with Gasteiger partial charge in [-0.1, -0.05) is 25.5 Å². The molecule has 1 unspecified atom stereocenters. The highest BCUT2D eigenvalue weighted by Gasteiger charge is 2.39. The maximum atomic E-state index is 14.1. The average Bonchev–Trinajstić information content (AvgIpc) is 3.03. The molecule has 0 aliphatic carbocycles. The highest BCUT2D eigenvalue weighted by molar-refractivity contribution is 5.82. The highest BCUT2D eigenvalue weighted by Crippen LogP contribution is 2.40. The number of phenolic OH excluding ortho intramolecular Hbond substituents is 1. The molecule has 2 aromatic carbocycles. The van der Waals surface area contributed by atoms with E-state index in [-0.39, 0.29) is 23.1 Å². The Morgan fingerprint density at radius 1 is 1.07 bits per heavy atom. The van der Waals surface area contributed by atoms with Gasteiger partial charge in [-0.2, -0.15) is 0 Å². The summed E-state index contributed by atoms with van der Waals surface area (Å²) in [5.74, 6) is 1.67. The van der Waals surface area contributed by atoms with Crippen molar-refractivity contribution in [1.82, 2.24) is 19.4 Å². The topological polar surface area (TPSA) is 91.1 Å². The zero-order chi connectivity index (χ0) is 33.2. The number of benzene rings is 2. The Kier molecular flexibility index (Phi) is 10.0. The van der Waals surface area contributed by atoms with Gasteiger partial charge in [-0.3, -0.25) is 14.3 Å². The first-order valence-corrected chi connectivity index (χ1v) is 17.1. The number of fused-ring (bicyclic) bond motifs is 1. The maximum Gasteiger partial charge on any atom is 0.410 e. The molecule has 250 valence electrons. The van der Waals surface area contributed by atoms with Gasteiger partial charge in [0, 0.05) is 49.9 Å². The molecule has 1 atom stereocenters. The van der Waals surface area contributed by atoms with E-state index in [0.717, 1.165) is 74.2 Å². The number of nitrogens with zero attached hydrogens (tertiary/aromatic N) is 5. The molecule has 46 heavy (non-hydrogen) atoms. The fourth-order valence-electron chi connectivity index (χ4n) is 7.63. The number of anilines is 1. The third-order valence-electron chi connectivity index (χ3n) is 10.2. The quantitative estimate of drug-likeness (QED) is 0.296. The molecule has 9 nitrogen and oxygen atoms in total. The molecule has 0 radical (unpaired) electrons. The molecule has 5 rings (SSSR count). The Labute approximate surface area is 274 Å². The number of likely N-dealkylation sites (tertiary alicyclic amines) is 1. The van der Waals surface area contributed by atoms with Crippen molar-refractivity contribution in [3.05, 3.63) is 64.2 Å². The predicted octanol–water partition coefficient (Wildman–Crippen LogP) is 6.71. The Morgan fingerprint density at radius 3 is 2.35 bits per heavy atom. The second-order valence-corrected chi connectivity index (χ2v) is 14.4. The van der Waals surface area contributed by atoms with Crippen LogP contribution in [0.25, 0.3) is 10.9 Å². The van der Waals surface area contributed by atoms with Crippen molar-refractivity contribution in [3.63, 3.8) is 0 Å². The molecular weight excluding hydrogens is 578 g/mol. The molecule has 1 amide bonds. The molecule has 2 aliphatic heterocycles. The van der Waals surface area contributed by atoms with E-state index in [2.05, 4.69) is 43.0 Å². The summed E-state index contributed by atoms with van der Waals surface area (Å²) in [7, 11) is 4.23. The van der Waals surface area contributed by atoms with Crippen molar-refractivity contribution in [2.45, 2.75) is 96.7 Å². The molecule has 2 fully saturated rings. The number of amides is 1. The van der Waals surface area contributed by atoms with Crippen molar-refractivity contribution in [3.8, 4) is 5.75 Å². The molecule has 2 aliphatic rings. The third kappa shape index (κ3) is 6.89. The number of hydrogen-bond donors (Lipinski definition) is 1. The lowest BCUT2D eigenvalue weighted by atomic mass is 9.79. The van der Waals surface area contributed by atoms with Gasteiger partial charge in [0.15, 0.2) is 0 Å². The van der Waals surface area contributed by atoms with Gasteiger partial charge < -0.3 is 19.6 Å². The molecule has 1 N–H and O–H groups in total. The number of aromatic nitrogens is 2. The second kappa shape index (κ2) is 13.6. The zero-order valence-electron chi connectivity index (χ0n) is 28.9. The van der Waals surface area contributed by atoms with Crippen molar-refractivity contribution >= 4 is 22.7 Å². The summed E-state index contributed by atoms with van der Waals surface area (Å²) in [5, 5.41) is 10.8. The Balaban J connectivity index is 1.38. The lowest BCUT2D eigenvalue weighted by Crippen LogP contribution is -2.50. The largest absolute Gasteiger partial charge is 0.508 e. The van der Waals surface area contributed by atoms with Gasteiger partial charge in [0.1, 0.15) is 17.2 Å². The van der Waals surface area contributed by atoms with Crippen LogP contribution in [0.1, 0.15) is 90.4 Å². The number of ether oxygens (including phenoxy) is 1. The molecule has 3 aromatic rings. The fourth-order valence-corrected chi connectivity index (χ4v) is 7.63. The Morgan fingerprint density at radius 2 is 1.76 bits per heavy atom. The summed E-state index contributed by atoms with van der Waals surface area (Å²) in [6.07, 6.45) is 5.25. The molecule has 2 saturated heterocycles. The lowest BCUT2D eigenvalue weighted by Gasteiger charge is -2.47. The van der Waals surface area contributed by atoms with Gasteiger partial charge in [0.2, 0.25) is 0 Å². The molecule has 0 bridgehead atoms. The van der Waals surface area contributed by atoms with Gasteiger partial charge in [0.05, 0.1) is 10.9 Å². The van der Waals surface area contributed by atoms with Crippen LogP contribution in [0, 0.1) is 5.92 Å². The number of carbonyl (C=O) groups excluding carboxylic acids is 1. The van der Waals surface area contributed by atoms with Crippen LogP contribution in [0.3, 0.4) is 0 Å². The first-order chi connectivity index (χ1) is 21.9. The van der Waals surface area contributed by atoms with Gasteiger partial charge in [-0.05, 0) is 116 Å². The number of rotatable bonds is 8. The summed E-state index contributed by atoms with van der Waals surface area (Å²) in [4.78, 5) is 38.4. The van der Waals surface area contributed by atoms with E-state index < -0.39 is 5.60 Å². The zero-order valence-corrected chi connectivity index (χ0v) is 28.9. The smallest absolute Gasteiger partial charge is 0.410 e. The van der Waals surface area contributed by atoms with E-state index in [4.69, 9.17) is 9.72 Å². The summed E-state index contributed by atoms with van der Waals surface area (Å²) in [5.41, 5.74) is 2.29. The minimum absolute atomic E-state index is 0.0241. The summed E-state index contributed by atoms with van der Waals surface area (Å²) in [6, 6.07) is 13.8. The lowest BCUT2D eigenvalue weighted by molar-refractivity contribution is 0.0170. The summed E-state index contributed by atoms with van der Waals surface area (Å²) >= 11 is 0. The van der Waals surface area contributed by atoms with Crippen molar-refractivity contribution in [2.24, 2.45) is 5.92 Å². The monoisotopic (exact) mass is 631 g/mol. The van der Waals surface area contributed by atoms with E-state index in [1.165, 1.54) is 0 Å². The number of phenols is 1. The van der Waals surface area contributed by atoms with Crippen LogP contribution in [0.5, 0.6) is 5.75 Å². The summed E-state index contributed by atoms with van der Waals surface area (Å²) < 4.78 is 7.51. The van der Waals surface area contributed by atoms with Crippen LogP contribution in [0.15, 0.2) is 47.3 Å². The number of hydrogen-bond acceptors (Lipinski definition) is 7. The number of piperidine rings is 2. The first kappa shape index (κ1) is 33.8. The average molecular weight is 632 g/mol. The molecule has 0 saturated carbocycles. The molecular formula is C37H53N5O4. The van der Waals surface area contributed by atoms with Gasteiger partial charge in [-0.25, -0.2) is 9.78 Å². The first-order valence-electron chi connectivity index (χ1n) is 17.1. The maximum absolute atomic E-state index is 14.1. The van der Waals surface area contributed by atoms with Crippen LogP contribution in [-0.2, 0) is 16.8 Å². The normalized spacial score (nSPS) is 18.3. The van der Waals surface area contributed by atoms with Gasteiger partial charge in [-0.15, -0.1) is 0 Å². The standard InChI is InChI=1S/C37H53N5O4/c1-8-11-30(26-16-20-41(21-17-26)35(45)46-36(3,4)5)33-38-32-15-14-28(25-31(32)34(44)42(33)9-2)40-22-18-37(19-23-40,39(6)7)27-12-10-13-29(43)24-27/h10,12-15,24-26,30,43H,8-9,11,16-23H2,1-7H3. The number of carbonyl (C=O) groups is 1. The molecule has 1 aromatic heterocycles. The summed E-state index contributed by atoms with van der Waals surface area (Å²) in [6.45, 7) is 13.5. The van der Waals surface area contributed by atoms with Crippen LogP contribution in [0.4, 0.5) is 10.5 Å². The predicted molar refractivity (Wildman–Crippen MR) is 185 cm³/mol. The van der Waals surface area contributed by atoms with Crippen LogP contribution in [-0.4, -0.2) is 76.4 Å². The minimum Gasteiger partial charge on any atom is -0.508 e. The molecule has 9 heteroatoms. The minimum atomic E-state index is -0.511. The molecule has 3 heterocycles. The van der Waals surface area contributed by atoms with Crippen molar-refractivity contribution < 1.29 is 14.6 Å². The molecule has 0 spiro atoms. The van der Waals surface area contributed by atoms with Crippen LogP contribution in [0.2, 0.25) is 0 Å². The van der Waals surface area contributed by atoms with E-state index in [1.807, 2.05) is 61.4 Å². The van der Waals surface area contributed by atoms with Crippen LogP contribution < -0.4 is 10.5 Å². The SMILES string of the molecule is CCCC(c1nc2ccc(N3CCC(c4cccc(O)c4)(N(C)C)CC3)cc2c(=O)n1CC)C1CCN(C(=O)OC(C)(C)C)CC1. The van der Waals surface area contributed by atoms with E-state index in [9.17, 15) is 14.7 Å². The van der Waals surface area contributed by atoms with Gasteiger partial charge >= 0.3 is 6.09 Å².